The summed E-state index contributed by atoms with van der Waals surface area (Å²) in [5, 5.41) is 11.5. The number of amides is 1. The molecular formula is C22H28ClN7O3. The van der Waals surface area contributed by atoms with Gasteiger partial charge in [0.25, 0.3) is 5.56 Å². The molecule has 1 amide bonds. The van der Waals surface area contributed by atoms with E-state index in [9.17, 15) is 9.59 Å². The molecule has 1 heterocycles. The number of guanidine groups is 1. The SMILES string of the molecule is Cc1cnc(NCCc2cccc3ccccc23)c(=O)n1CC(=O)NCCON=C(N)N.Cl. The largest absolute Gasteiger partial charge is 0.391 e. The number of rotatable bonds is 10. The van der Waals surface area contributed by atoms with Gasteiger partial charge in [-0.25, -0.2) is 4.98 Å². The Hall–Kier alpha value is -3.79. The first kappa shape index (κ1) is 25.5. The lowest BCUT2D eigenvalue weighted by Gasteiger charge is -2.13. The number of halogens is 1. The number of anilines is 1. The van der Waals surface area contributed by atoms with Gasteiger partial charge in [0.15, 0.2) is 5.82 Å². The van der Waals surface area contributed by atoms with Gasteiger partial charge in [-0.05, 0) is 34.8 Å². The summed E-state index contributed by atoms with van der Waals surface area (Å²) in [5.74, 6) is -0.327. The van der Waals surface area contributed by atoms with Gasteiger partial charge in [0.2, 0.25) is 11.9 Å². The predicted molar refractivity (Wildman–Crippen MR) is 131 cm³/mol. The Morgan fingerprint density at radius 2 is 1.91 bits per heavy atom. The number of oxime groups is 1. The van der Waals surface area contributed by atoms with Gasteiger partial charge in [0.1, 0.15) is 13.2 Å². The zero-order valence-electron chi connectivity index (χ0n) is 18.3. The smallest absolute Gasteiger partial charge is 0.293 e. The number of carbonyl (C=O) groups excluding carboxylic acids is 1. The van der Waals surface area contributed by atoms with Crippen molar-refractivity contribution in [3.63, 3.8) is 0 Å². The van der Waals surface area contributed by atoms with E-state index >= 15 is 0 Å². The fourth-order valence-corrected chi connectivity index (χ4v) is 3.27. The van der Waals surface area contributed by atoms with Crippen LogP contribution in [0, 0.1) is 6.92 Å². The maximum absolute atomic E-state index is 12.8. The van der Waals surface area contributed by atoms with E-state index in [1.807, 2.05) is 18.2 Å². The van der Waals surface area contributed by atoms with Gasteiger partial charge >= 0.3 is 0 Å². The van der Waals surface area contributed by atoms with Gasteiger partial charge in [0.05, 0.1) is 6.54 Å². The Kier molecular flexibility index (Phi) is 9.49. The number of hydrogen-bond donors (Lipinski definition) is 4. The summed E-state index contributed by atoms with van der Waals surface area (Å²) in [6.07, 6.45) is 2.30. The summed E-state index contributed by atoms with van der Waals surface area (Å²) in [4.78, 5) is 34.0. The third-order valence-electron chi connectivity index (χ3n) is 4.81. The number of nitrogens with zero attached hydrogens (tertiary/aromatic N) is 3. The maximum atomic E-state index is 12.8. The molecule has 3 rings (SSSR count). The van der Waals surface area contributed by atoms with Crippen LogP contribution >= 0.6 is 12.4 Å². The lowest BCUT2D eigenvalue weighted by Crippen LogP contribution is -2.36. The van der Waals surface area contributed by atoms with Gasteiger partial charge in [-0.1, -0.05) is 42.5 Å². The molecule has 3 aromatic rings. The quantitative estimate of drug-likeness (QED) is 0.149. The van der Waals surface area contributed by atoms with Gasteiger partial charge in [-0.3, -0.25) is 14.2 Å². The lowest BCUT2D eigenvalue weighted by atomic mass is 10.0. The van der Waals surface area contributed by atoms with E-state index < -0.39 is 0 Å². The zero-order valence-corrected chi connectivity index (χ0v) is 19.1. The molecule has 176 valence electrons. The number of aromatic nitrogens is 2. The molecule has 0 aliphatic heterocycles. The van der Waals surface area contributed by atoms with Crippen molar-refractivity contribution >= 4 is 40.9 Å². The Morgan fingerprint density at radius 3 is 2.70 bits per heavy atom. The van der Waals surface area contributed by atoms with Crippen molar-refractivity contribution in [1.82, 2.24) is 14.9 Å². The highest BCUT2D eigenvalue weighted by Gasteiger charge is 2.11. The summed E-state index contributed by atoms with van der Waals surface area (Å²) in [6, 6.07) is 14.4. The van der Waals surface area contributed by atoms with Crippen LogP contribution in [0.15, 0.2) is 58.6 Å². The highest BCUT2D eigenvalue weighted by atomic mass is 35.5. The summed E-state index contributed by atoms with van der Waals surface area (Å²) in [5.41, 5.74) is 11.7. The summed E-state index contributed by atoms with van der Waals surface area (Å²) >= 11 is 0. The standard InChI is InChI=1S/C22H27N7O3.ClH/c1-15-13-27-20(21(31)29(15)14-19(30)25-11-12-32-28-22(23)24)26-10-9-17-7-4-6-16-5-2-3-8-18(16)17;/h2-8,13H,9-12,14H2,1H3,(H,25,30)(H,26,27)(H4,23,24,28);1H. The normalized spacial score (nSPS) is 10.2. The first-order valence-electron chi connectivity index (χ1n) is 10.2. The molecule has 0 aliphatic rings. The Bertz CT molecular complexity index is 1170. The molecule has 6 N–H and O–H groups in total. The minimum absolute atomic E-state index is 0. The predicted octanol–water partition coefficient (Wildman–Crippen LogP) is 1.10. The molecule has 0 unspecified atom stereocenters. The number of carbonyl (C=O) groups is 1. The number of aryl methyl sites for hydroxylation is 1. The van der Waals surface area contributed by atoms with Crippen LogP contribution in [0.3, 0.4) is 0 Å². The second-order valence-corrected chi connectivity index (χ2v) is 7.15. The Balaban J connectivity index is 0.00000385. The number of fused-ring (bicyclic) bond motifs is 1. The van der Waals surface area contributed by atoms with Crippen LogP contribution < -0.4 is 27.7 Å². The molecule has 0 saturated heterocycles. The van der Waals surface area contributed by atoms with E-state index in [2.05, 4.69) is 45.0 Å². The fraction of sp³-hybridized carbons (Fsp3) is 0.273. The average molecular weight is 474 g/mol. The average Bonchev–Trinajstić information content (AvgIpc) is 2.78. The van der Waals surface area contributed by atoms with E-state index in [0.717, 1.165) is 6.42 Å². The molecule has 0 atom stereocenters. The minimum Gasteiger partial charge on any atom is -0.391 e. The van der Waals surface area contributed by atoms with Gasteiger partial charge < -0.3 is 26.9 Å². The second-order valence-electron chi connectivity index (χ2n) is 7.15. The first-order valence-corrected chi connectivity index (χ1v) is 10.2. The summed E-state index contributed by atoms with van der Waals surface area (Å²) < 4.78 is 1.37. The van der Waals surface area contributed by atoms with E-state index in [1.54, 1.807) is 13.1 Å². The van der Waals surface area contributed by atoms with Crippen molar-refractivity contribution in [1.29, 1.82) is 0 Å². The molecular weight excluding hydrogens is 446 g/mol. The minimum atomic E-state index is -0.352. The Labute approximate surface area is 197 Å². The molecule has 0 bridgehead atoms. The summed E-state index contributed by atoms with van der Waals surface area (Å²) in [6.45, 7) is 2.43. The van der Waals surface area contributed by atoms with Crippen molar-refractivity contribution in [3.8, 4) is 0 Å². The highest BCUT2D eigenvalue weighted by molar-refractivity contribution is 5.86. The van der Waals surface area contributed by atoms with Crippen molar-refractivity contribution in [2.24, 2.45) is 16.6 Å². The Morgan fingerprint density at radius 1 is 1.15 bits per heavy atom. The molecule has 0 aliphatic carbocycles. The molecule has 0 fully saturated rings. The van der Waals surface area contributed by atoms with Crippen LogP contribution in [0.4, 0.5) is 5.82 Å². The molecule has 1 aromatic heterocycles. The van der Waals surface area contributed by atoms with Crippen molar-refractivity contribution in [2.45, 2.75) is 19.9 Å². The molecule has 33 heavy (non-hydrogen) atoms. The third kappa shape index (κ3) is 7.11. The molecule has 0 spiro atoms. The van der Waals surface area contributed by atoms with Crippen molar-refractivity contribution < 1.29 is 9.63 Å². The van der Waals surface area contributed by atoms with Crippen molar-refractivity contribution in [2.75, 3.05) is 25.0 Å². The molecule has 0 saturated carbocycles. The molecule has 2 aromatic carbocycles. The highest BCUT2D eigenvalue weighted by Crippen LogP contribution is 2.18. The monoisotopic (exact) mass is 473 g/mol. The van der Waals surface area contributed by atoms with E-state index in [0.29, 0.717) is 12.2 Å². The van der Waals surface area contributed by atoms with Crippen LogP contribution in [0.2, 0.25) is 0 Å². The van der Waals surface area contributed by atoms with Crippen LogP contribution in [0.1, 0.15) is 11.3 Å². The molecule has 11 heteroatoms. The fourth-order valence-electron chi connectivity index (χ4n) is 3.27. The van der Waals surface area contributed by atoms with E-state index in [-0.39, 0.29) is 55.3 Å². The molecule has 10 nitrogen and oxygen atoms in total. The topological polar surface area (TPSA) is 150 Å². The van der Waals surface area contributed by atoms with Gasteiger partial charge in [-0.15, -0.1) is 12.4 Å². The zero-order chi connectivity index (χ0) is 22.9. The third-order valence-corrected chi connectivity index (χ3v) is 4.81. The van der Waals surface area contributed by atoms with E-state index in [1.165, 1.54) is 20.9 Å². The van der Waals surface area contributed by atoms with Crippen molar-refractivity contribution in [3.05, 3.63) is 70.3 Å². The van der Waals surface area contributed by atoms with Gasteiger partial charge in [-0.2, -0.15) is 0 Å². The summed E-state index contributed by atoms with van der Waals surface area (Å²) in [7, 11) is 0. The van der Waals surface area contributed by atoms with Crippen LogP contribution in [0.5, 0.6) is 0 Å². The lowest BCUT2D eigenvalue weighted by molar-refractivity contribution is -0.122. The van der Waals surface area contributed by atoms with E-state index in [4.69, 9.17) is 16.3 Å². The van der Waals surface area contributed by atoms with Crippen LogP contribution in [-0.2, 0) is 22.6 Å². The number of nitrogens with two attached hydrogens (primary N) is 2. The van der Waals surface area contributed by atoms with Crippen LogP contribution in [0.25, 0.3) is 10.8 Å². The van der Waals surface area contributed by atoms with Crippen LogP contribution in [-0.4, -0.2) is 41.1 Å². The number of nitrogens with one attached hydrogen (secondary N) is 2. The number of hydrogen-bond acceptors (Lipinski definition) is 6. The molecule has 0 radical (unpaired) electrons. The number of benzene rings is 2. The second kappa shape index (κ2) is 12.3. The first-order chi connectivity index (χ1) is 15.5. The van der Waals surface area contributed by atoms with Gasteiger partial charge in [0, 0.05) is 18.4 Å². The maximum Gasteiger partial charge on any atom is 0.293 e.